The molecule has 27 heavy (non-hydrogen) atoms. The Hall–Kier alpha value is -2.67. The van der Waals surface area contributed by atoms with E-state index in [4.69, 9.17) is 4.74 Å². The molecule has 0 saturated heterocycles. The average molecular weight is 382 g/mol. The molecule has 7 heteroatoms. The molecule has 0 radical (unpaired) electrons. The van der Waals surface area contributed by atoms with Gasteiger partial charge < -0.3 is 4.74 Å². The fraction of sp³-hybridized carbons (Fsp3) is 0.300. The second-order valence-electron chi connectivity index (χ2n) is 7.04. The van der Waals surface area contributed by atoms with Gasteiger partial charge in [0.2, 0.25) is 0 Å². The van der Waals surface area contributed by atoms with Crippen molar-refractivity contribution in [1.29, 1.82) is 0 Å². The molecule has 0 saturated carbocycles. The number of aromatic nitrogens is 4. The number of carbonyl (C=O) groups excluding carboxylic acids is 1. The molecule has 0 aliphatic carbocycles. The van der Waals surface area contributed by atoms with E-state index in [1.165, 1.54) is 11.8 Å². The van der Waals surface area contributed by atoms with Crippen LogP contribution in [0.5, 0.6) is 5.75 Å². The lowest BCUT2D eigenvalue weighted by atomic mass is 9.92. The van der Waals surface area contributed by atoms with Crippen LogP contribution in [0.2, 0.25) is 0 Å². The maximum atomic E-state index is 12.3. The molecule has 0 aliphatic rings. The number of Topliss-reactive ketones (excluding diaryl/α,β-unsaturated/α-hetero) is 1. The number of rotatable bonds is 6. The van der Waals surface area contributed by atoms with Gasteiger partial charge in [0.1, 0.15) is 11.5 Å². The number of ketones is 1. The zero-order valence-corrected chi connectivity index (χ0v) is 16.7. The van der Waals surface area contributed by atoms with E-state index in [2.05, 4.69) is 15.2 Å². The lowest BCUT2D eigenvalue weighted by Gasteiger charge is -2.16. The predicted octanol–water partition coefficient (Wildman–Crippen LogP) is 4.05. The van der Waals surface area contributed by atoms with E-state index >= 15 is 0 Å². The van der Waals surface area contributed by atoms with Crippen LogP contribution < -0.4 is 4.74 Å². The van der Waals surface area contributed by atoms with Gasteiger partial charge in [-0.3, -0.25) is 14.3 Å². The van der Waals surface area contributed by atoms with Crippen molar-refractivity contribution in [2.24, 2.45) is 5.41 Å². The Labute approximate surface area is 163 Å². The Morgan fingerprint density at radius 2 is 1.74 bits per heavy atom. The molecular weight excluding hydrogens is 360 g/mol. The SMILES string of the molecule is COc1ccc(-n2c(SCC(=O)C(C)(C)C)nnc2-c2ccncc2)cc1. The lowest BCUT2D eigenvalue weighted by Crippen LogP contribution is -2.22. The molecule has 0 N–H and O–H groups in total. The summed E-state index contributed by atoms with van der Waals surface area (Å²) in [7, 11) is 1.63. The fourth-order valence-corrected chi connectivity index (χ4v) is 3.47. The van der Waals surface area contributed by atoms with Gasteiger partial charge in [-0.05, 0) is 36.4 Å². The molecule has 0 amide bonds. The third-order valence-corrected chi connectivity index (χ3v) is 5.00. The van der Waals surface area contributed by atoms with Crippen molar-refractivity contribution < 1.29 is 9.53 Å². The van der Waals surface area contributed by atoms with E-state index in [1.54, 1.807) is 19.5 Å². The van der Waals surface area contributed by atoms with Crippen LogP contribution in [0.25, 0.3) is 17.1 Å². The highest BCUT2D eigenvalue weighted by molar-refractivity contribution is 7.99. The van der Waals surface area contributed by atoms with Crippen molar-refractivity contribution in [3.63, 3.8) is 0 Å². The highest BCUT2D eigenvalue weighted by atomic mass is 32.2. The van der Waals surface area contributed by atoms with Gasteiger partial charge in [0, 0.05) is 29.1 Å². The van der Waals surface area contributed by atoms with Crippen molar-refractivity contribution in [2.75, 3.05) is 12.9 Å². The van der Waals surface area contributed by atoms with Gasteiger partial charge in [-0.25, -0.2) is 0 Å². The first-order valence-corrected chi connectivity index (χ1v) is 9.55. The van der Waals surface area contributed by atoms with Crippen LogP contribution in [0.1, 0.15) is 20.8 Å². The minimum atomic E-state index is -0.383. The Bertz CT molecular complexity index is 915. The van der Waals surface area contributed by atoms with Crippen LogP contribution in [-0.4, -0.2) is 38.4 Å². The predicted molar refractivity (Wildman–Crippen MR) is 106 cm³/mol. The van der Waals surface area contributed by atoms with Crippen molar-refractivity contribution >= 4 is 17.5 Å². The fourth-order valence-electron chi connectivity index (χ4n) is 2.36. The second kappa shape index (κ2) is 7.92. The van der Waals surface area contributed by atoms with E-state index < -0.39 is 0 Å². The van der Waals surface area contributed by atoms with Gasteiger partial charge in [-0.2, -0.15) is 0 Å². The average Bonchev–Trinajstić information content (AvgIpc) is 3.10. The Morgan fingerprint density at radius 1 is 1.07 bits per heavy atom. The number of carbonyl (C=O) groups is 1. The monoisotopic (exact) mass is 382 g/mol. The molecule has 0 bridgehead atoms. The zero-order valence-electron chi connectivity index (χ0n) is 15.8. The highest BCUT2D eigenvalue weighted by Gasteiger charge is 2.23. The number of pyridine rings is 1. The van der Waals surface area contributed by atoms with Gasteiger partial charge in [-0.1, -0.05) is 32.5 Å². The first-order valence-electron chi connectivity index (χ1n) is 8.56. The molecule has 1 aromatic carbocycles. The van der Waals surface area contributed by atoms with Crippen molar-refractivity contribution in [3.8, 4) is 22.8 Å². The highest BCUT2D eigenvalue weighted by Crippen LogP contribution is 2.30. The van der Waals surface area contributed by atoms with Crippen molar-refractivity contribution in [1.82, 2.24) is 19.7 Å². The number of thioether (sulfide) groups is 1. The molecule has 0 aliphatic heterocycles. The summed E-state index contributed by atoms with van der Waals surface area (Å²) in [6, 6.07) is 11.4. The number of nitrogens with zero attached hydrogens (tertiary/aromatic N) is 4. The third-order valence-electron chi connectivity index (χ3n) is 4.07. The van der Waals surface area contributed by atoms with E-state index in [-0.39, 0.29) is 11.2 Å². The quantitative estimate of drug-likeness (QED) is 0.599. The maximum Gasteiger partial charge on any atom is 0.196 e. The van der Waals surface area contributed by atoms with E-state index in [1.807, 2.05) is 61.7 Å². The van der Waals surface area contributed by atoms with E-state index in [0.717, 1.165) is 17.0 Å². The minimum absolute atomic E-state index is 0.169. The smallest absolute Gasteiger partial charge is 0.196 e. The van der Waals surface area contributed by atoms with Gasteiger partial charge >= 0.3 is 0 Å². The molecule has 0 spiro atoms. The molecule has 3 aromatic rings. The Morgan fingerprint density at radius 3 is 2.33 bits per heavy atom. The molecule has 140 valence electrons. The largest absolute Gasteiger partial charge is 0.497 e. The normalized spacial score (nSPS) is 11.4. The number of hydrogen-bond donors (Lipinski definition) is 0. The molecule has 0 atom stereocenters. The topological polar surface area (TPSA) is 69.9 Å². The lowest BCUT2D eigenvalue weighted by molar-refractivity contribution is -0.123. The molecule has 3 rings (SSSR count). The zero-order chi connectivity index (χ0) is 19.4. The van der Waals surface area contributed by atoms with Crippen LogP contribution in [0.15, 0.2) is 53.9 Å². The number of benzene rings is 1. The summed E-state index contributed by atoms with van der Waals surface area (Å²) in [5.41, 5.74) is 1.42. The standard InChI is InChI=1S/C20H22N4O2S/c1-20(2,3)17(25)13-27-19-23-22-18(14-9-11-21-12-10-14)24(19)15-5-7-16(26-4)8-6-15/h5-12H,13H2,1-4H3. The molecule has 0 fully saturated rings. The van der Waals surface area contributed by atoms with Crippen LogP contribution in [-0.2, 0) is 4.79 Å². The van der Waals surface area contributed by atoms with Gasteiger partial charge in [0.05, 0.1) is 12.9 Å². The van der Waals surface area contributed by atoms with Crippen molar-refractivity contribution in [2.45, 2.75) is 25.9 Å². The summed E-state index contributed by atoms with van der Waals surface area (Å²) < 4.78 is 7.20. The summed E-state index contributed by atoms with van der Waals surface area (Å²) in [4.78, 5) is 16.4. The molecule has 2 heterocycles. The summed E-state index contributed by atoms with van der Waals surface area (Å²) in [6.07, 6.45) is 3.44. The van der Waals surface area contributed by atoms with Gasteiger partial charge in [-0.15, -0.1) is 10.2 Å². The van der Waals surface area contributed by atoms with Crippen molar-refractivity contribution in [3.05, 3.63) is 48.8 Å². The summed E-state index contributed by atoms with van der Waals surface area (Å²) >= 11 is 1.40. The third kappa shape index (κ3) is 4.36. The molecule has 0 unspecified atom stereocenters. The second-order valence-corrected chi connectivity index (χ2v) is 7.98. The van der Waals surface area contributed by atoms with Crippen LogP contribution in [0.3, 0.4) is 0 Å². The molecule has 6 nitrogen and oxygen atoms in total. The summed E-state index contributed by atoms with van der Waals surface area (Å²) in [5, 5.41) is 9.38. The molecule has 2 aromatic heterocycles. The molecular formula is C20H22N4O2S. The van der Waals surface area contributed by atoms with Gasteiger partial charge in [0.25, 0.3) is 0 Å². The first-order chi connectivity index (χ1) is 12.9. The van der Waals surface area contributed by atoms with E-state index in [9.17, 15) is 4.79 Å². The first kappa shape index (κ1) is 19.1. The summed E-state index contributed by atoms with van der Waals surface area (Å²) in [6.45, 7) is 5.77. The number of ether oxygens (including phenoxy) is 1. The Kier molecular flexibility index (Phi) is 5.60. The van der Waals surface area contributed by atoms with Gasteiger partial charge in [0.15, 0.2) is 11.0 Å². The maximum absolute atomic E-state index is 12.3. The number of hydrogen-bond acceptors (Lipinski definition) is 6. The number of methoxy groups -OCH3 is 1. The van der Waals surface area contributed by atoms with Crippen LogP contribution in [0, 0.1) is 5.41 Å². The van der Waals surface area contributed by atoms with E-state index in [0.29, 0.717) is 16.7 Å². The minimum Gasteiger partial charge on any atom is -0.497 e. The van der Waals surface area contributed by atoms with Crippen LogP contribution in [0.4, 0.5) is 0 Å². The Balaban J connectivity index is 2.00. The van der Waals surface area contributed by atoms with Crippen LogP contribution >= 0.6 is 11.8 Å². The summed E-state index contributed by atoms with van der Waals surface area (Å²) in [5.74, 6) is 1.98.